The molecule has 0 N–H and O–H groups in total. The predicted octanol–water partition coefficient (Wildman–Crippen LogP) is 1.91. The molecule has 0 fully saturated rings. The molecule has 0 aliphatic rings. The summed E-state index contributed by atoms with van der Waals surface area (Å²) in [5, 5.41) is 0. The molecule has 0 aliphatic carbocycles. The first-order valence-corrected chi connectivity index (χ1v) is 7.42. The first kappa shape index (κ1) is 22.2. The van der Waals surface area contributed by atoms with Crippen LogP contribution in [-0.4, -0.2) is 28.4 Å². The SMILES string of the molecule is COc1cc[c]([Cu+])cc1OC.COc1cc[c]([Cu+])cc1OC.[C-]#[C-]. The summed E-state index contributed by atoms with van der Waals surface area (Å²) in [6, 6.07) is 10.7. The second kappa shape index (κ2) is 12.6. The van der Waals surface area contributed by atoms with Gasteiger partial charge in [0.2, 0.25) is 0 Å². The first-order valence-electron chi connectivity index (χ1n) is 6.48. The maximum Gasteiger partial charge on any atom is -1.00 e. The number of ether oxygens (including phenoxy) is 4. The van der Waals surface area contributed by atoms with Gasteiger partial charge in [0.1, 0.15) is 0 Å². The molecule has 2 aromatic rings. The zero-order valence-electron chi connectivity index (χ0n) is 13.7. The van der Waals surface area contributed by atoms with Gasteiger partial charge < -0.3 is 12.8 Å². The smallest absolute Gasteiger partial charge is 1.00 e. The fraction of sp³-hybridized carbons (Fsp3) is 0.222. The minimum atomic E-state index is 0.675. The van der Waals surface area contributed by atoms with E-state index in [1.807, 2.05) is 0 Å². The standard InChI is InChI=1S/2C8H9O2.C2.2Cu/c2*1-9-7-5-3-4-6-8(7)10-2;1-2;;/h2*3,5-6H,1-2H3;;;/q;;-2;2*+1. The monoisotopic (exact) mass is 424 g/mol. The largest absolute Gasteiger partial charge is 1.00 e. The molecular weight excluding hydrogens is 407 g/mol. The fourth-order valence-electron chi connectivity index (χ4n) is 1.59. The van der Waals surface area contributed by atoms with Gasteiger partial charge >= 0.3 is 148 Å². The summed E-state index contributed by atoms with van der Waals surface area (Å²) in [6.07, 6.45) is 10.0. The molecule has 0 atom stereocenters. The molecule has 0 aromatic heterocycles. The van der Waals surface area contributed by atoms with E-state index in [0.717, 1.165) is 8.92 Å². The Morgan fingerprint density at radius 1 is 0.583 bits per heavy atom. The van der Waals surface area contributed by atoms with Gasteiger partial charge in [0.25, 0.3) is 0 Å². The normalized spacial score (nSPS) is 8.75. The van der Waals surface area contributed by atoms with Crippen molar-refractivity contribution >= 4 is 8.92 Å². The van der Waals surface area contributed by atoms with Crippen molar-refractivity contribution in [3.63, 3.8) is 0 Å². The Morgan fingerprint density at radius 2 is 0.875 bits per heavy atom. The van der Waals surface area contributed by atoms with Crippen LogP contribution in [0.4, 0.5) is 0 Å². The number of benzene rings is 2. The molecule has 0 heterocycles. The number of methoxy groups -OCH3 is 4. The van der Waals surface area contributed by atoms with Gasteiger partial charge in [-0.25, -0.2) is 0 Å². The van der Waals surface area contributed by atoms with Gasteiger partial charge in [-0.15, -0.1) is 0 Å². The van der Waals surface area contributed by atoms with E-state index in [1.165, 1.54) is 0 Å². The topological polar surface area (TPSA) is 36.9 Å². The second-order valence-corrected chi connectivity index (χ2v) is 5.00. The summed E-state index contributed by atoms with van der Waals surface area (Å²) in [4.78, 5) is 0. The molecule has 6 heteroatoms. The average molecular weight is 425 g/mol. The molecular formula is C18H18Cu2O4. The third kappa shape index (κ3) is 7.21. The summed E-state index contributed by atoms with van der Waals surface area (Å²) in [7, 11) is 6.37. The Labute approximate surface area is 160 Å². The van der Waals surface area contributed by atoms with Crippen LogP contribution in [0.1, 0.15) is 0 Å². The molecule has 0 amide bonds. The zero-order valence-corrected chi connectivity index (χ0v) is 15.6. The van der Waals surface area contributed by atoms with E-state index in [0.29, 0.717) is 23.0 Å². The van der Waals surface area contributed by atoms with Crippen molar-refractivity contribution in [1.29, 1.82) is 0 Å². The van der Waals surface area contributed by atoms with Crippen LogP contribution in [0.3, 0.4) is 0 Å². The average Bonchev–Trinajstić information content (AvgIpc) is 2.63. The van der Waals surface area contributed by atoms with Crippen LogP contribution in [0, 0.1) is 12.8 Å². The minimum absolute atomic E-state index is 0.675. The maximum atomic E-state index is 5.08. The third-order valence-electron chi connectivity index (χ3n) is 2.64. The molecule has 2 rings (SSSR count). The van der Waals surface area contributed by atoms with Crippen LogP contribution in [0.25, 0.3) is 0 Å². The van der Waals surface area contributed by atoms with Crippen LogP contribution < -0.4 is 27.9 Å². The van der Waals surface area contributed by atoms with E-state index in [-0.39, 0.29) is 0 Å². The van der Waals surface area contributed by atoms with Crippen LogP contribution in [0.15, 0.2) is 36.4 Å². The van der Waals surface area contributed by atoms with E-state index in [9.17, 15) is 0 Å². The molecule has 0 saturated heterocycles. The maximum absolute atomic E-state index is 5.08. The van der Waals surface area contributed by atoms with Crippen molar-refractivity contribution in [1.82, 2.24) is 0 Å². The minimum Gasteiger partial charge on any atom is -1.00 e. The van der Waals surface area contributed by atoms with E-state index >= 15 is 0 Å². The van der Waals surface area contributed by atoms with E-state index < -0.39 is 0 Å². The molecule has 4 nitrogen and oxygen atoms in total. The second-order valence-electron chi connectivity index (χ2n) is 3.91. The van der Waals surface area contributed by atoms with Crippen molar-refractivity contribution in [3.05, 3.63) is 49.2 Å². The summed E-state index contributed by atoms with van der Waals surface area (Å²) in [6.45, 7) is 0. The zero-order chi connectivity index (χ0) is 18.5. The third-order valence-corrected chi connectivity index (χ3v) is 3.23. The van der Waals surface area contributed by atoms with Gasteiger partial charge in [0.05, 0.1) is 0 Å². The molecule has 2 aromatic carbocycles. The van der Waals surface area contributed by atoms with Gasteiger partial charge in [-0.05, 0) is 0 Å². The number of hydrogen-bond donors (Lipinski definition) is 0. The first-order chi connectivity index (χ1) is 11.5. The number of rotatable bonds is 4. The van der Waals surface area contributed by atoms with Gasteiger partial charge in [-0.1, -0.05) is 0 Å². The quantitative estimate of drug-likeness (QED) is 0.426. The summed E-state index contributed by atoms with van der Waals surface area (Å²) < 4.78 is 21.5. The van der Waals surface area contributed by atoms with E-state index in [4.69, 9.17) is 63.8 Å². The van der Waals surface area contributed by atoms with E-state index in [2.05, 4.69) is 0 Å². The molecule has 136 valence electrons. The van der Waals surface area contributed by atoms with Crippen LogP contribution in [0.5, 0.6) is 23.0 Å². The fourth-order valence-corrected chi connectivity index (χ4v) is 1.99. The molecule has 0 unspecified atom stereocenters. The molecule has 0 bridgehead atoms. The van der Waals surface area contributed by atoms with Gasteiger partial charge in [0, 0.05) is 0 Å². The molecule has 24 heavy (non-hydrogen) atoms. The Bertz CT molecular complexity index is 589. The Morgan fingerprint density at radius 3 is 1.12 bits per heavy atom. The Kier molecular flexibility index (Phi) is 11.7. The molecule has 0 spiro atoms. The summed E-state index contributed by atoms with van der Waals surface area (Å²) in [5.41, 5.74) is 0. The van der Waals surface area contributed by atoms with E-state index in [1.54, 1.807) is 64.8 Å². The molecule has 0 saturated carbocycles. The van der Waals surface area contributed by atoms with Crippen LogP contribution in [0.2, 0.25) is 0 Å². The van der Waals surface area contributed by atoms with Crippen LogP contribution >= 0.6 is 0 Å². The summed E-state index contributed by atoms with van der Waals surface area (Å²) >= 11 is 10.2. The molecule has 0 aliphatic heterocycles. The Balaban J connectivity index is 0.000000400. The molecule has 0 radical (unpaired) electrons. The van der Waals surface area contributed by atoms with Gasteiger partial charge in [0.15, 0.2) is 0 Å². The van der Waals surface area contributed by atoms with Crippen molar-refractivity contribution in [2.24, 2.45) is 0 Å². The van der Waals surface area contributed by atoms with Crippen LogP contribution in [-0.2, 0) is 32.0 Å². The van der Waals surface area contributed by atoms with Gasteiger partial charge in [-0.3, -0.25) is 0 Å². The van der Waals surface area contributed by atoms with Crippen molar-refractivity contribution in [3.8, 4) is 23.0 Å². The summed E-state index contributed by atoms with van der Waals surface area (Å²) in [5.74, 6) is 2.76. The van der Waals surface area contributed by atoms with Crippen molar-refractivity contribution in [2.75, 3.05) is 28.4 Å². The Hall–Kier alpha value is -1.76. The van der Waals surface area contributed by atoms with Crippen molar-refractivity contribution < 1.29 is 51.0 Å². The van der Waals surface area contributed by atoms with Gasteiger partial charge in [-0.2, -0.15) is 0 Å². The van der Waals surface area contributed by atoms with Crippen molar-refractivity contribution in [2.45, 2.75) is 0 Å². The number of hydrogen-bond acceptors (Lipinski definition) is 4. The predicted molar refractivity (Wildman–Crippen MR) is 84.8 cm³/mol.